The number of aromatic nitrogens is 2. The molecule has 8 nitrogen and oxygen atoms in total. The van der Waals surface area contributed by atoms with Crippen LogP contribution >= 0.6 is 8.38 Å². The van der Waals surface area contributed by atoms with Crippen molar-refractivity contribution in [2.24, 2.45) is 0 Å². The molecule has 0 aromatic carbocycles. The maximum atomic E-state index is 11.8. The standard InChI is InChI=1S/C14H24N3O5P/c1-3-20-23(21-4-2)10-19-9-11-5-6-13(22-11)17-8-7-12(15)16-14(17)18/h7-8,11,13H,3-6,9-10H2,1-2H3,(H2,15,16,18). The van der Waals surface area contributed by atoms with Gasteiger partial charge in [0.1, 0.15) is 18.4 Å². The second kappa shape index (κ2) is 9.30. The third-order valence-electron chi connectivity index (χ3n) is 3.29. The summed E-state index contributed by atoms with van der Waals surface area (Å²) in [6.45, 7) is 5.51. The van der Waals surface area contributed by atoms with Gasteiger partial charge in [0.15, 0.2) is 8.38 Å². The Morgan fingerprint density at radius 2 is 2.13 bits per heavy atom. The summed E-state index contributed by atoms with van der Waals surface area (Å²) in [7, 11) is -1.00. The second-order valence-electron chi connectivity index (χ2n) is 5.00. The van der Waals surface area contributed by atoms with Gasteiger partial charge in [0.2, 0.25) is 0 Å². The van der Waals surface area contributed by atoms with E-state index in [9.17, 15) is 4.79 Å². The van der Waals surface area contributed by atoms with Crippen molar-refractivity contribution in [3.8, 4) is 0 Å². The quantitative estimate of drug-likeness (QED) is 0.682. The molecule has 0 spiro atoms. The largest absolute Gasteiger partial charge is 0.383 e. The molecule has 2 rings (SSSR count). The summed E-state index contributed by atoms with van der Waals surface area (Å²) in [5, 5.41) is 0. The van der Waals surface area contributed by atoms with Crippen molar-refractivity contribution in [3.05, 3.63) is 22.7 Å². The fourth-order valence-electron chi connectivity index (χ4n) is 2.32. The lowest BCUT2D eigenvalue weighted by Crippen LogP contribution is -2.28. The predicted molar refractivity (Wildman–Crippen MR) is 87.0 cm³/mol. The van der Waals surface area contributed by atoms with Crippen molar-refractivity contribution in [2.75, 3.05) is 31.9 Å². The number of hydrogen-bond acceptors (Lipinski definition) is 7. The van der Waals surface area contributed by atoms with Gasteiger partial charge < -0.3 is 24.3 Å². The summed E-state index contributed by atoms with van der Waals surface area (Å²) in [4.78, 5) is 15.5. The minimum atomic E-state index is -1.00. The van der Waals surface area contributed by atoms with Crippen LogP contribution in [0.25, 0.3) is 0 Å². The Bertz CT molecular complexity index is 535. The first-order valence-electron chi connectivity index (χ1n) is 7.75. The van der Waals surface area contributed by atoms with Crippen LogP contribution in [0.4, 0.5) is 5.82 Å². The highest BCUT2D eigenvalue weighted by molar-refractivity contribution is 7.47. The molecule has 130 valence electrons. The van der Waals surface area contributed by atoms with E-state index in [-0.39, 0.29) is 18.1 Å². The third kappa shape index (κ3) is 5.51. The lowest BCUT2D eigenvalue weighted by Gasteiger charge is -2.18. The zero-order valence-electron chi connectivity index (χ0n) is 13.5. The van der Waals surface area contributed by atoms with Gasteiger partial charge in [-0.05, 0) is 32.8 Å². The average Bonchev–Trinajstić information content (AvgIpc) is 2.96. The minimum absolute atomic E-state index is 0.0513. The Labute approximate surface area is 136 Å². The van der Waals surface area contributed by atoms with Gasteiger partial charge in [-0.1, -0.05) is 0 Å². The van der Waals surface area contributed by atoms with Crippen LogP contribution in [0.15, 0.2) is 17.1 Å². The van der Waals surface area contributed by atoms with Crippen LogP contribution in [0.5, 0.6) is 0 Å². The van der Waals surface area contributed by atoms with Crippen LogP contribution < -0.4 is 11.4 Å². The zero-order chi connectivity index (χ0) is 16.7. The molecule has 1 aromatic rings. The SMILES string of the molecule is CCOP(COCC1CCC(n2ccc(N)nc2=O)O1)OCC. The minimum Gasteiger partial charge on any atom is -0.383 e. The van der Waals surface area contributed by atoms with Crippen LogP contribution in [0.2, 0.25) is 0 Å². The molecule has 2 unspecified atom stereocenters. The van der Waals surface area contributed by atoms with Crippen molar-refractivity contribution in [1.29, 1.82) is 0 Å². The van der Waals surface area contributed by atoms with Gasteiger partial charge in [-0.25, -0.2) is 4.79 Å². The predicted octanol–water partition coefficient (Wildman–Crippen LogP) is 1.86. The van der Waals surface area contributed by atoms with E-state index in [0.29, 0.717) is 26.2 Å². The zero-order valence-corrected chi connectivity index (χ0v) is 14.4. The van der Waals surface area contributed by atoms with E-state index >= 15 is 0 Å². The normalized spacial score (nSPS) is 21.2. The second-order valence-corrected chi connectivity index (χ2v) is 6.44. The molecule has 2 atom stereocenters. The highest BCUT2D eigenvalue weighted by Crippen LogP contribution is 2.38. The van der Waals surface area contributed by atoms with E-state index in [1.54, 1.807) is 12.3 Å². The Hall–Kier alpha value is -1.05. The highest BCUT2D eigenvalue weighted by Gasteiger charge is 2.27. The third-order valence-corrected chi connectivity index (χ3v) is 4.78. The Morgan fingerprint density at radius 3 is 2.78 bits per heavy atom. The van der Waals surface area contributed by atoms with Crippen LogP contribution in [0.3, 0.4) is 0 Å². The average molecular weight is 345 g/mol. The fraction of sp³-hybridized carbons (Fsp3) is 0.714. The van der Waals surface area contributed by atoms with Gasteiger partial charge >= 0.3 is 5.69 Å². The lowest BCUT2D eigenvalue weighted by atomic mass is 10.2. The molecular formula is C14H24N3O5P. The van der Waals surface area contributed by atoms with Crippen LogP contribution in [0, 0.1) is 0 Å². The molecule has 0 amide bonds. The molecular weight excluding hydrogens is 321 g/mol. The molecule has 2 heterocycles. The molecule has 0 radical (unpaired) electrons. The first-order chi connectivity index (χ1) is 11.1. The summed E-state index contributed by atoms with van der Waals surface area (Å²) in [6, 6.07) is 1.59. The maximum Gasteiger partial charge on any atom is 0.351 e. The summed E-state index contributed by atoms with van der Waals surface area (Å²) >= 11 is 0. The number of rotatable bonds is 9. The van der Waals surface area contributed by atoms with Crippen LogP contribution in [-0.4, -0.2) is 41.8 Å². The van der Waals surface area contributed by atoms with Crippen molar-refractivity contribution in [2.45, 2.75) is 39.0 Å². The van der Waals surface area contributed by atoms with Crippen molar-refractivity contribution < 1.29 is 18.5 Å². The number of hydrogen-bond donors (Lipinski definition) is 1. The lowest BCUT2D eigenvalue weighted by molar-refractivity contribution is -0.0374. The van der Waals surface area contributed by atoms with Crippen LogP contribution in [0.1, 0.15) is 32.9 Å². The topological polar surface area (TPSA) is 97.8 Å². The molecule has 1 saturated heterocycles. The molecule has 1 fully saturated rings. The number of anilines is 1. The van der Waals surface area contributed by atoms with Crippen molar-refractivity contribution in [3.63, 3.8) is 0 Å². The van der Waals surface area contributed by atoms with E-state index in [4.69, 9.17) is 24.3 Å². The monoisotopic (exact) mass is 345 g/mol. The summed E-state index contributed by atoms with van der Waals surface area (Å²) in [6.07, 6.45) is 3.23. The highest BCUT2D eigenvalue weighted by atomic mass is 31.2. The molecule has 9 heteroatoms. The van der Waals surface area contributed by atoms with Crippen molar-refractivity contribution in [1.82, 2.24) is 9.55 Å². The first kappa shape index (κ1) is 18.3. The molecule has 0 aliphatic carbocycles. The van der Waals surface area contributed by atoms with Gasteiger partial charge in [-0.3, -0.25) is 4.57 Å². The molecule has 23 heavy (non-hydrogen) atoms. The molecule has 0 saturated carbocycles. The smallest absolute Gasteiger partial charge is 0.351 e. The van der Waals surface area contributed by atoms with Gasteiger partial charge in [0, 0.05) is 6.20 Å². The molecule has 1 aliphatic heterocycles. The van der Waals surface area contributed by atoms with Gasteiger partial charge in [-0.15, -0.1) is 0 Å². The number of ether oxygens (including phenoxy) is 2. The number of nitrogens with zero attached hydrogens (tertiary/aromatic N) is 2. The number of nitrogen functional groups attached to an aromatic ring is 1. The van der Waals surface area contributed by atoms with Crippen LogP contribution in [-0.2, 0) is 18.5 Å². The Balaban J connectivity index is 1.78. The van der Waals surface area contributed by atoms with Gasteiger partial charge in [-0.2, -0.15) is 4.98 Å². The number of nitrogens with two attached hydrogens (primary N) is 1. The summed E-state index contributed by atoms with van der Waals surface area (Å²) in [5.74, 6) is 0.212. The molecule has 1 aromatic heterocycles. The molecule has 0 bridgehead atoms. The van der Waals surface area contributed by atoms with Crippen molar-refractivity contribution >= 4 is 14.2 Å². The molecule has 1 aliphatic rings. The Kier molecular flexibility index (Phi) is 7.39. The summed E-state index contributed by atoms with van der Waals surface area (Å²) in [5.41, 5.74) is 5.09. The molecule has 2 N–H and O–H groups in total. The van der Waals surface area contributed by atoms with E-state index < -0.39 is 14.1 Å². The maximum absolute atomic E-state index is 11.8. The van der Waals surface area contributed by atoms with Gasteiger partial charge in [0.05, 0.1) is 25.9 Å². The van der Waals surface area contributed by atoms with E-state index in [2.05, 4.69) is 4.98 Å². The van der Waals surface area contributed by atoms with E-state index in [1.807, 2.05) is 13.8 Å². The Morgan fingerprint density at radius 1 is 1.39 bits per heavy atom. The van der Waals surface area contributed by atoms with E-state index in [1.165, 1.54) is 4.57 Å². The fourth-order valence-corrected chi connectivity index (χ4v) is 3.37. The summed E-state index contributed by atoms with van der Waals surface area (Å²) < 4.78 is 23.9. The first-order valence-corrected chi connectivity index (χ1v) is 9.11. The van der Waals surface area contributed by atoms with E-state index in [0.717, 1.165) is 12.8 Å². The van der Waals surface area contributed by atoms with Gasteiger partial charge in [0.25, 0.3) is 0 Å².